The van der Waals surface area contributed by atoms with Crippen molar-refractivity contribution >= 4 is 0 Å². The van der Waals surface area contributed by atoms with E-state index in [9.17, 15) is 0 Å². The van der Waals surface area contributed by atoms with Gasteiger partial charge in [-0.05, 0) is 31.4 Å². The lowest BCUT2D eigenvalue weighted by molar-refractivity contribution is 0.166. The molecule has 0 aliphatic carbocycles. The average Bonchev–Trinajstić information content (AvgIpc) is 2.74. The molecule has 2 aliphatic heterocycles. The molecule has 2 bridgehead atoms. The highest BCUT2D eigenvalue weighted by molar-refractivity contribution is 5.29. The molecule has 1 saturated heterocycles. The zero-order valence-corrected chi connectivity index (χ0v) is 11.7. The van der Waals surface area contributed by atoms with Crippen molar-refractivity contribution in [3.8, 4) is 0 Å². The minimum absolute atomic E-state index is 0.490. The predicted octanol–water partition coefficient (Wildman–Crippen LogP) is 2.44. The SMILES string of the molecule is Cc1ncc2c(n1)C[C@H]1CC[C@H]2N1Cc1cccnc1. The first-order chi connectivity index (χ1) is 9.81. The lowest BCUT2D eigenvalue weighted by Crippen LogP contribution is -2.37. The molecule has 1 fully saturated rings. The third kappa shape index (κ3) is 1.91. The van der Waals surface area contributed by atoms with Crippen molar-refractivity contribution in [1.29, 1.82) is 0 Å². The number of aryl methyl sites for hydroxylation is 1. The van der Waals surface area contributed by atoms with Crippen LogP contribution >= 0.6 is 0 Å². The van der Waals surface area contributed by atoms with Gasteiger partial charge in [0.15, 0.2) is 0 Å². The summed E-state index contributed by atoms with van der Waals surface area (Å²) in [4.78, 5) is 15.9. The quantitative estimate of drug-likeness (QED) is 0.837. The van der Waals surface area contributed by atoms with Crippen molar-refractivity contribution < 1.29 is 0 Å². The number of hydrogen-bond donors (Lipinski definition) is 0. The van der Waals surface area contributed by atoms with Crippen molar-refractivity contribution in [2.75, 3.05) is 0 Å². The van der Waals surface area contributed by atoms with Gasteiger partial charge in [-0.25, -0.2) is 9.97 Å². The van der Waals surface area contributed by atoms with E-state index < -0.39 is 0 Å². The summed E-state index contributed by atoms with van der Waals surface area (Å²) in [6, 6.07) is 5.29. The van der Waals surface area contributed by atoms with E-state index >= 15 is 0 Å². The van der Waals surface area contributed by atoms with Gasteiger partial charge in [-0.15, -0.1) is 0 Å². The summed E-state index contributed by atoms with van der Waals surface area (Å²) in [6.45, 7) is 2.96. The molecule has 0 saturated carbocycles. The fraction of sp³-hybridized carbons (Fsp3) is 0.438. The molecule has 0 radical (unpaired) electrons. The van der Waals surface area contributed by atoms with E-state index in [1.807, 2.05) is 31.6 Å². The molecule has 2 aliphatic rings. The van der Waals surface area contributed by atoms with Gasteiger partial charge in [0.1, 0.15) is 5.82 Å². The summed E-state index contributed by atoms with van der Waals surface area (Å²) in [5.74, 6) is 0.892. The van der Waals surface area contributed by atoms with Crippen LogP contribution in [0, 0.1) is 6.92 Å². The van der Waals surface area contributed by atoms with E-state index in [4.69, 9.17) is 0 Å². The molecule has 4 heterocycles. The molecule has 102 valence electrons. The molecule has 0 unspecified atom stereocenters. The van der Waals surface area contributed by atoms with Crippen LogP contribution in [0.2, 0.25) is 0 Å². The van der Waals surface area contributed by atoms with Gasteiger partial charge >= 0.3 is 0 Å². The van der Waals surface area contributed by atoms with E-state index in [2.05, 4.69) is 25.9 Å². The van der Waals surface area contributed by atoms with E-state index in [1.165, 1.54) is 29.7 Å². The van der Waals surface area contributed by atoms with Crippen LogP contribution in [0.3, 0.4) is 0 Å². The first kappa shape index (κ1) is 12.0. The second kappa shape index (κ2) is 4.63. The van der Waals surface area contributed by atoms with Gasteiger partial charge in [0.2, 0.25) is 0 Å². The van der Waals surface area contributed by atoms with Gasteiger partial charge in [-0.3, -0.25) is 9.88 Å². The molecule has 0 spiro atoms. The first-order valence-electron chi connectivity index (χ1n) is 7.28. The fourth-order valence-electron chi connectivity index (χ4n) is 3.62. The molecule has 0 N–H and O–H groups in total. The predicted molar refractivity (Wildman–Crippen MR) is 76.0 cm³/mol. The Morgan fingerprint density at radius 1 is 1.30 bits per heavy atom. The van der Waals surface area contributed by atoms with E-state index in [0.717, 1.165) is 18.8 Å². The van der Waals surface area contributed by atoms with Crippen molar-refractivity contribution in [1.82, 2.24) is 19.9 Å². The average molecular weight is 266 g/mol. The third-order valence-electron chi connectivity index (χ3n) is 4.54. The summed E-state index contributed by atoms with van der Waals surface area (Å²) in [6.07, 6.45) is 9.40. The molecule has 4 nitrogen and oxygen atoms in total. The van der Waals surface area contributed by atoms with Crippen LogP contribution in [0.5, 0.6) is 0 Å². The Bertz CT molecular complexity index is 626. The van der Waals surface area contributed by atoms with E-state index in [1.54, 1.807) is 0 Å². The summed E-state index contributed by atoms with van der Waals surface area (Å²) in [7, 11) is 0. The Morgan fingerprint density at radius 2 is 2.25 bits per heavy atom. The van der Waals surface area contributed by atoms with Crippen LogP contribution in [-0.2, 0) is 13.0 Å². The summed E-state index contributed by atoms with van der Waals surface area (Å²) in [5, 5.41) is 0. The van der Waals surface area contributed by atoms with Crippen LogP contribution in [0.4, 0.5) is 0 Å². The molecule has 20 heavy (non-hydrogen) atoms. The fourth-order valence-corrected chi connectivity index (χ4v) is 3.62. The Hall–Kier alpha value is -1.81. The van der Waals surface area contributed by atoms with Gasteiger partial charge in [-0.1, -0.05) is 6.07 Å². The molecule has 4 heteroatoms. The number of nitrogens with zero attached hydrogens (tertiary/aromatic N) is 4. The lowest BCUT2D eigenvalue weighted by atomic mass is 9.98. The third-order valence-corrected chi connectivity index (χ3v) is 4.54. The smallest absolute Gasteiger partial charge is 0.125 e. The lowest BCUT2D eigenvalue weighted by Gasteiger charge is -2.35. The Kier molecular flexibility index (Phi) is 2.77. The van der Waals surface area contributed by atoms with E-state index in [0.29, 0.717) is 12.1 Å². The van der Waals surface area contributed by atoms with Crippen LogP contribution in [-0.4, -0.2) is 25.9 Å². The standard InChI is InChI=1S/C16H18N4/c1-11-18-9-14-15(19-11)7-13-4-5-16(14)20(13)10-12-3-2-6-17-8-12/h2-3,6,8-9,13,16H,4-5,7,10H2,1H3/t13-,16-/m1/s1. The Balaban J connectivity index is 1.66. The molecular formula is C16H18N4. The largest absolute Gasteiger partial charge is 0.289 e. The van der Waals surface area contributed by atoms with Crippen LogP contribution in [0.1, 0.15) is 41.5 Å². The summed E-state index contributed by atoms with van der Waals surface area (Å²) < 4.78 is 0. The minimum atomic E-state index is 0.490. The highest BCUT2D eigenvalue weighted by Crippen LogP contribution is 2.43. The molecule has 4 rings (SSSR count). The number of hydrogen-bond acceptors (Lipinski definition) is 4. The van der Waals surface area contributed by atoms with Crippen LogP contribution < -0.4 is 0 Å². The highest BCUT2D eigenvalue weighted by atomic mass is 15.2. The van der Waals surface area contributed by atoms with Gasteiger partial charge < -0.3 is 0 Å². The zero-order valence-electron chi connectivity index (χ0n) is 11.7. The second-order valence-corrected chi connectivity index (χ2v) is 5.80. The minimum Gasteiger partial charge on any atom is -0.289 e. The molecular weight excluding hydrogens is 248 g/mol. The number of pyridine rings is 1. The van der Waals surface area contributed by atoms with Gasteiger partial charge in [-0.2, -0.15) is 0 Å². The number of rotatable bonds is 2. The second-order valence-electron chi connectivity index (χ2n) is 5.80. The first-order valence-corrected chi connectivity index (χ1v) is 7.28. The molecule has 2 aromatic heterocycles. The number of aromatic nitrogens is 3. The Labute approximate surface area is 118 Å². The molecule has 0 amide bonds. The van der Waals surface area contributed by atoms with Crippen molar-refractivity contribution in [2.24, 2.45) is 0 Å². The summed E-state index contributed by atoms with van der Waals surface area (Å²) in [5.41, 5.74) is 3.90. The topological polar surface area (TPSA) is 41.9 Å². The highest BCUT2D eigenvalue weighted by Gasteiger charge is 2.40. The maximum Gasteiger partial charge on any atom is 0.125 e. The molecule has 2 atom stereocenters. The van der Waals surface area contributed by atoms with Crippen molar-refractivity contribution in [2.45, 2.75) is 44.8 Å². The number of fused-ring (bicyclic) bond motifs is 4. The van der Waals surface area contributed by atoms with Crippen LogP contribution in [0.25, 0.3) is 0 Å². The monoisotopic (exact) mass is 266 g/mol. The maximum absolute atomic E-state index is 4.65. The van der Waals surface area contributed by atoms with Crippen LogP contribution in [0.15, 0.2) is 30.7 Å². The summed E-state index contributed by atoms with van der Waals surface area (Å²) >= 11 is 0. The Morgan fingerprint density at radius 3 is 3.10 bits per heavy atom. The molecule has 0 aromatic carbocycles. The normalized spacial score (nSPS) is 24.6. The van der Waals surface area contributed by atoms with Crippen molar-refractivity contribution in [3.63, 3.8) is 0 Å². The van der Waals surface area contributed by atoms with Gasteiger partial charge in [0, 0.05) is 49.2 Å². The van der Waals surface area contributed by atoms with Gasteiger partial charge in [0.25, 0.3) is 0 Å². The van der Waals surface area contributed by atoms with E-state index in [-0.39, 0.29) is 0 Å². The van der Waals surface area contributed by atoms with Crippen molar-refractivity contribution in [3.05, 3.63) is 53.4 Å². The molecule has 2 aromatic rings. The zero-order chi connectivity index (χ0) is 13.5. The maximum atomic E-state index is 4.65. The van der Waals surface area contributed by atoms with Gasteiger partial charge in [0.05, 0.1) is 5.69 Å².